The molecule has 0 aliphatic carbocycles. The Bertz CT molecular complexity index is 354. The van der Waals surface area contributed by atoms with Gasteiger partial charge in [0.25, 0.3) is 0 Å². The van der Waals surface area contributed by atoms with Crippen LogP contribution in [0, 0.1) is 6.92 Å². The first-order valence-electron chi connectivity index (χ1n) is 6.63. The van der Waals surface area contributed by atoms with Gasteiger partial charge in [-0.25, -0.2) is 0 Å². The van der Waals surface area contributed by atoms with Crippen LogP contribution < -0.4 is 4.74 Å². The van der Waals surface area contributed by atoms with Crippen LogP contribution in [0.3, 0.4) is 0 Å². The van der Waals surface area contributed by atoms with Gasteiger partial charge in [-0.05, 0) is 45.2 Å². The van der Waals surface area contributed by atoms with Crippen molar-refractivity contribution < 1.29 is 4.74 Å². The van der Waals surface area contributed by atoms with Crippen molar-refractivity contribution in [3.63, 3.8) is 0 Å². The van der Waals surface area contributed by atoms with Crippen LogP contribution in [0.5, 0.6) is 5.75 Å². The number of hydrogen-bond donors (Lipinski definition) is 0. The second-order valence-electron chi connectivity index (χ2n) is 5.21. The molecule has 2 heteroatoms. The molecule has 0 bridgehead atoms. The van der Waals surface area contributed by atoms with Crippen molar-refractivity contribution in [2.24, 2.45) is 0 Å². The number of piperidine rings is 1. The minimum atomic E-state index is 0.395. The number of para-hydroxylation sites is 1. The van der Waals surface area contributed by atoms with Crippen LogP contribution in [0.2, 0.25) is 0 Å². The fourth-order valence-corrected chi connectivity index (χ4v) is 2.38. The zero-order chi connectivity index (χ0) is 12.3. The minimum absolute atomic E-state index is 0.395. The Morgan fingerprint density at radius 3 is 2.41 bits per heavy atom. The van der Waals surface area contributed by atoms with Crippen molar-refractivity contribution in [3.05, 3.63) is 29.8 Å². The summed E-state index contributed by atoms with van der Waals surface area (Å²) in [7, 11) is 0. The molecule has 0 spiro atoms. The van der Waals surface area contributed by atoms with Crippen LogP contribution in [-0.2, 0) is 0 Å². The summed E-state index contributed by atoms with van der Waals surface area (Å²) in [6.45, 7) is 8.96. The van der Waals surface area contributed by atoms with E-state index in [1.54, 1.807) is 0 Å². The van der Waals surface area contributed by atoms with Gasteiger partial charge in [-0.1, -0.05) is 18.2 Å². The van der Waals surface area contributed by atoms with E-state index in [0.717, 1.165) is 31.7 Å². The molecule has 0 atom stereocenters. The Morgan fingerprint density at radius 2 is 1.82 bits per heavy atom. The molecule has 2 nitrogen and oxygen atoms in total. The maximum Gasteiger partial charge on any atom is 0.122 e. The Hall–Kier alpha value is -1.02. The summed E-state index contributed by atoms with van der Waals surface area (Å²) in [5.41, 5.74) is 1.23. The molecule has 0 unspecified atom stereocenters. The molecule has 94 valence electrons. The molecule has 0 N–H and O–H groups in total. The molecule has 1 aromatic carbocycles. The summed E-state index contributed by atoms with van der Waals surface area (Å²) in [5, 5.41) is 0. The van der Waals surface area contributed by atoms with Gasteiger partial charge in [-0.2, -0.15) is 0 Å². The highest BCUT2D eigenvalue weighted by Crippen LogP contribution is 2.22. The van der Waals surface area contributed by atoms with Crippen molar-refractivity contribution in [1.82, 2.24) is 4.90 Å². The first-order chi connectivity index (χ1) is 8.16. The summed E-state index contributed by atoms with van der Waals surface area (Å²) in [5.74, 6) is 1.05. The number of hydrogen-bond acceptors (Lipinski definition) is 2. The van der Waals surface area contributed by atoms with E-state index in [-0.39, 0.29) is 0 Å². The SMILES string of the molecule is Cc1ccccc1OC1CCN(C(C)C)CC1. The second-order valence-corrected chi connectivity index (χ2v) is 5.21. The summed E-state index contributed by atoms with van der Waals surface area (Å²) in [6, 6.07) is 8.95. The van der Waals surface area contributed by atoms with Gasteiger partial charge in [-0.3, -0.25) is 0 Å². The highest BCUT2D eigenvalue weighted by molar-refractivity contribution is 5.31. The van der Waals surface area contributed by atoms with Crippen molar-refractivity contribution in [2.75, 3.05) is 13.1 Å². The highest BCUT2D eigenvalue weighted by Gasteiger charge is 2.22. The van der Waals surface area contributed by atoms with E-state index in [9.17, 15) is 0 Å². The van der Waals surface area contributed by atoms with Gasteiger partial charge in [0, 0.05) is 19.1 Å². The molecule has 1 saturated heterocycles. The maximum atomic E-state index is 6.09. The predicted molar refractivity (Wildman–Crippen MR) is 71.5 cm³/mol. The monoisotopic (exact) mass is 233 g/mol. The molecule has 1 aliphatic rings. The molecule has 0 saturated carbocycles. The highest BCUT2D eigenvalue weighted by atomic mass is 16.5. The lowest BCUT2D eigenvalue weighted by molar-refractivity contribution is 0.0838. The van der Waals surface area contributed by atoms with Crippen LogP contribution >= 0.6 is 0 Å². The molecule has 1 heterocycles. The van der Waals surface area contributed by atoms with E-state index in [1.165, 1.54) is 5.56 Å². The largest absolute Gasteiger partial charge is 0.490 e. The van der Waals surface area contributed by atoms with Crippen LogP contribution in [0.25, 0.3) is 0 Å². The first kappa shape index (κ1) is 12.4. The fraction of sp³-hybridized carbons (Fsp3) is 0.600. The van der Waals surface area contributed by atoms with E-state index in [2.05, 4.69) is 43.9 Å². The van der Waals surface area contributed by atoms with E-state index >= 15 is 0 Å². The second kappa shape index (κ2) is 5.54. The average Bonchev–Trinajstić information content (AvgIpc) is 2.33. The molecular formula is C15H23NO. The number of likely N-dealkylation sites (tertiary alicyclic amines) is 1. The number of aryl methyl sites for hydroxylation is 1. The van der Waals surface area contributed by atoms with E-state index in [4.69, 9.17) is 4.74 Å². The normalized spacial score (nSPS) is 18.6. The quantitative estimate of drug-likeness (QED) is 0.794. The van der Waals surface area contributed by atoms with Gasteiger partial charge in [0.15, 0.2) is 0 Å². The third-order valence-electron chi connectivity index (χ3n) is 3.59. The Morgan fingerprint density at radius 1 is 1.18 bits per heavy atom. The van der Waals surface area contributed by atoms with Gasteiger partial charge in [0.1, 0.15) is 11.9 Å². The molecule has 17 heavy (non-hydrogen) atoms. The molecule has 1 aliphatic heterocycles. The average molecular weight is 233 g/mol. The summed E-state index contributed by atoms with van der Waals surface area (Å²) >= 11 is 0. The number of benzene rings is 1. The van der Waals surface area contributed by atoms with Gasteiger partial charge >= 0.3 is 0 Å². The van der Waals surface area contributed by atoms with E-state index < -0.39 is 0 Å². The van der Waals surface area contributed by atoms with Crippen molar-refractivity contribution >= 4 is 0 Å². The van der Waals surface area contributed by atoms with Crippen LogP contribution in [0.15, 0.2) is 24.3 Å². The van der Waals surface area contributed by atoms with Gasteiger partial charge in [-0.15, -0.1) is 0 Å². The van der Waals surface area contributed by atoms with Gasteiger partial charge in [0.2, 0.25) is 0 Å². The third kappa shape index (κ3) is 3.22. The van der Waals surface area contributed by atoms with Crippen molar-refractivity contribution in [3.8, 4) is 5.75 Å². The molecule has 1 aromatic rings. The maximum absolute atomic E-state index is 6.09. The number of ether oxygens (including phenoxy) is 1. The molecule has 1 fully saturated rings. The fourth-order valence-electron chi connectivity index (χ4n) is 2.38. The Kier molecular flexibility index (Phi) is 4.06. The van der Waals surface area contributed by atoms with E-state index in [1.807, 2.05) is 6.07 Å². The Balaban J connectivity index is 1.88. The smallest absolute Gasteiger partial charge is 0.122 e. The van der Waals surface area contributed by atoms with Crippen LogP contribution in [-0.4, -0.2) is 30.1 Å². The summed E-state index contributed by atoms with van der Waals surface area (Å²) < 4.78 is 6.09. The standard InChI is InChI=1S/C15H23NO/c1-12(2)16-10-8-14(9-11-16)17-15-7-5-4-6-13(15)3/h4-7,12,14H,8-11H2,1-3H3. The number of nitrogens with zero attached hydrogens (tertiary/aromatic N) is 1. The van der Waals surface area contributed by atoms with Gasteiger partial charge in [0.05, 0.1) is 0 Å². The first-order valence-corrected chi connectivity index (χ1v) is 6.63. The van der Waals surface area contributed by atoms with E-state index in [0.29, 0.717) is 12.1 Å². The molecular weight excluding hydrogens is 210 g/mol. The molecule has 2 rings (SSSR count). The molecule has 0 aromatic heterocycles. The summed E-state index contributed by atoms with van der Waals surface area (Å²) in [4.78, 5) is 2.53. The lowest BCUT2D eigenvalue weighted by atomic mass is 10.1. The molecule has 0 radical (unpaired) electrons. The zero-order valence-electron chi connectivity index (χ0n) is 11.1. The van der Waals surface area contributed by atoms with Gasteiger partial charge < -0.3 is 9.64 Å². The van der Waals surface area contributed by atoms with Crippen LogP contribution in [0.4, 0.5) is 0 Å². The van der Waals surface area contributed by atoms with Crippen molar-refractivity contribution in [2.45, 2.75) is 45.8 Å². The molecule has 0 amide bonds. The summed E-state index contributed by atoms with van der Waals surface area (Å²) in [6.07, 6.45) is 2.69. The minimum Gasteiger partial charge on any atom is -0.490 e. The third-order valence-corrected chi connectivity index (χ3v) is 3.59. The lowest BCUT2D eigenvalue weighted by Crippen LogP contribution is -2.41. The Labute approximate surface area is 105 Å². The predicted octanol–water partition coefficient (Wildman–Crippen LogP) is 3.25. The lowest BCUT2D eigenvalue weighted by Gasteiger charge is -2.34. The number of rotatable bonds is 3. The topological polar surface area (TPSA) is 12.5 Å². The zero-order valence-corrected chi connectivity index (χ0v) is 11.1. The van der Waals surface area contributed by atoms with Crippen molar-refractivity contribution in [1.29, 1.82) is 0 Å². The van der Waals surface area contributed by atoms with Crippen LogP contribution in [0.1, 0.15) is 32.3 Å².